The van der Waals surface area contributed by atoms with Gasteiger partial charge in [0.25, 0.3) is 11.5 Å². The number of hydrogen-bond donors (Lipinski definition) is 2. The highest BCUT2D eigenvalue weighted by Gasteiger charge is 2.12. The van der Waals surface area contributed by atoms with E-state index in [9.17, 15) is 14.4 Å². The average Bonchev–Trinajstić information content (AvgIpc) is 3.15. The molecule has 0 atom stereocenters. The fourth-order valence-corrected chi connectivity index (χ4v) is 3.06. The van der Waals surface area contributed by atoms with Crippen LogP contribution in [0.4, 0.5) is 5.82 Å². The van der Waals surface area contributed by atoms with Gasteiger partial charge in [-0.05, 0) is 42.8 Å². The summed E-state index contributed by atoms with van der Waals surface area (Å²) < 4.78 is 2.81. The second-order valence-electron chi connectivity index (χ2n) is 6.45. The monoisotopic (exact) mass is 390 g/mol. The summed E-state index contributed by atoms with van der Waals surface area (Å²) in [7, 11) is 0. The number of amides is 1. The van der Waals surface area contributed by atoms with Crippen molar-refractivity contribution in [3.05, 3.63) is 87.0 Å². The summed E-state index contributed by atoms with van der Waals surface area (Å²) in [6.45, 7) is 2.55. The second-order valence-corrected chi connectivity index (χ2v) is 6.45. The summed E-state index contributed by atoms with van der Waals surface area (Å²) in [5.74, 6) is 0.0145. The first-order chi connectivity index (χ1) is 14.0. The van der Waals surface area contributed by atoms with E-state index in [0.29, 0.717) is 28.8 Å². The number of aromatic amines is 1. The topological polar surface area (TPSA) is 115 Å². The summed E-state index contributed by atoms with van der Waals surface area (Å²) in [5, 5.41) is 7.41. The van der Waals surface area contributed by atoms with Crippen LogP contribution in [0.1, 0.15) is 22.8 Å². The van der Waals surface area contributed by atoms with Crippen LogP contribution in [0.25, 0.3) is 10.9 Å². The van der Waals surface area contributed by atoms with Crippen LogP contribution in [0.5, 0.6) is 0 Å². The lowest BCUT2D eigenvalue weighted by Crippen LogP contribution is -2.34. The first-order valence-corrected chi connectivity index (χ1v) is 9.05. The molecule has 1 aromatic carbocycles. The van der Waals surface area contributed by atoms with Gasteiger partial charge in [0.05, 0.1) is 17.4 Å². The zero-order valence-electron chi connectivity index (χ0n) is 15.6. The molecule has 29 heavy (non-hydrogen) atoms. The van der Waals surface area contributed by atoms with E-state index in [1.807, 2.05) is 12.1 Å². The smallest absolute Gasteiger partial charge is 0.307 e. The highest BCUT2D eigenvalue weighted by Crippen LogP contribution is 2.12. The van der Waals surface area contributed by atoms with Crippen LogP contribution in [0.2, 0.25) is 0 Å². The molecule has 4 rings (SSSR count). The Balaban J connectivity index is 1.55. The quantitative estimate of drug-likeness (QED) is 0.537. The minimum atomic E-state index is -0.502. The van der Waals surface area contributed by atoms with E-state index >= 15 is 0 Å². The third-order valence-electron chi connectivity index (χ3n) is 4.54. The van der Waals surface area contributed by atoms with E-state index < -0.39 is 5.69 Å². The number of nitrogens with one attached hydrogen (secondary N) is 2. The number of carbonyl (C=O) groups is 1. The lowest BCUT2D eigenvalue weighted by molar-refractivity contribution is 0.102. The zero-order chi connectivity index (χ0) is 20.4. The Kier molecular flexibility index (Phi) is 4.78. The standard InChI is InChI=1S/C20H18N6O3/c1-2-26-19(28)15-4-3-14(11-16(15)22-20(26)29)18(27)23-17-7-10-25(24-17)12-13-5-8-21-9-6-13/h3-11H,2,12H2,1H3,(H,22,29)(H,23,24,27). The van der Waals surface area contributed by atoms with E-state index in [1.54, 1.807) is 42.3 Å². The second kappa shape index (κ2) is 7.55. The van der Waals surface area contributed by atoms with Crippen molar-refractivity contribution in [3.63, 3.8) is 0 Å². The van der Waals surface area contributed by atoms with Crippen LogP contribution in [-0.4, -0.2) is 30.2 Å². The van der Waals surface area contributed by atoms with Crippen LogP contribution in [0.15, 0.2) is 64.6 Å². The summed E-state index contributed by atoms with van der Waals surface area (Å²) in [6, 6.07) is 10.1. The predicted molar refractivity (Wildman–Crippen MR) is 108 cm³/mol. The molecule has 1 amide bonds. The number of aromatic nitrogens is 5. The Morgan fingerprint density at radius 3 is 2.69 bits per heavy atom. The van der Waals surface area contributed by atoms with Crippen molar-refractivity contribution >= 4 is 22.6 Å². The molecule has 0 aliphatic rings. The molecular formula is C20H18N6O3. The van der Waals surface area contributed by atoms with E-state index in [0.717, 1.165) is 10.1 Å². The molecule has 0 saturated heterocycles. The molecule has 0 saturated carbocycles. The van der Waals surface area contributed by atoms with Gasteiger partial charge in [0, 0.05) is 36.8 Å². The lowest BCUT2D eigenvalue weighted by Gasteiger charge is -2.06. The number of fused-ring (bicyclic) bond motifs is 1. The van der Waals surface area contributed by atoms with E-state index in [1.165, 1.54) is 12.1 Å². The number of hydrogen-bond acceptors (Lipinski definition) is 5. The number of H-pyrrole nitrogens is 1. The first kappa shape index (κ1) is 18.4. The molecule has 0 fully saturated rings. The van der Waals surface area contributed by atoms with Crippen molar-refractivity contribution in [1.82, 2.24) is 24.3 Å². The maximum atomic E-state index is 12.6. The van der Waals surface area contributed by atoms with E-state index in [-0.39, 0.29) is 18.0 Å². The summed E-state index contributed by atoms with van der Waals surface area (Å²) in [5.41, 5.74) is 0.786. The molecule has 0 aliphatic heterocycles. The molecule has 3 heterocycles. The SMILES string of the molecule is CCn1c(=O)[nH]c2cc(C(=O)Nc3ccn(Cc4ccncc4)n3)ccc2c1=O. The number of benzene rings is 1. The van der Waals surface area contributed by atoms with Crippen molar-refractivity contribution in [2.45, 2.75) is 20.0 Å². The average molecular weight is 390 g/mol. The predicted octanol–water partition coefficient (Wildman–Crippen LogP) is 1.60. The molecule has 146 valence electrons. The number of nitrogens with zero attached hydrogens (tertiary/aromatic N) is 4. The molecule has 4 aromatic rings. The highest BCUT2D eigenvalue weighted by molar-refractivity contribution is 6.05. The maximum Gasteiger partial charge on any atom is 0.328 e. The Labute approximate surface area is 164 Å². The van der Waals surface area contributed by atoms with Gasteiger partial charge in [0.1, 0.15) is 0 Å². The normalized spacial score (nSPS) is 10.9. The molecule has 0 bridgehead atoms. The van der Waals surface area contributed by atoms with E-state index in [2.05, 4.69) is 20.4 Å². The Morgan fingerprint density at radius 1 is 1.14 bits per heavy atom. The van der Waals surface area contributed by atoms with Gasteiger partial charge in [-0.3, -0.25) is 23.8 Å². The zero-order valence-corrected chi connectivity index (χ0v) is 15.6. The molecular weight excluding hydrogens is 372 g/mol. The molecule has 2 N–H and O–H groups in total. The van der Waals surface area contributed by atoms with Gasteiger partial charge in [0.2, 0.25) is 0 Å². The number of rotatable bonds is 5. The van der Waals surface area contributed by atoms with Gasteiger partial charge in [0.15, 0.2) is 5.82 Å². The Bertz CT molecular complexity index is 1300. The van der Waals surface area contributed by atoms with Gasteiger partial charge < -0.3 is 10.3 Å². The van der Waals surface area contributed by atoms with E-state index in [4.69, 9.17) is 0 Å². The van der Waals surface area contributed by atoms with Gasteiger partial charge in [-0.2, -0.15) is 5.10 Å². The summed E-state index contributed by atoms with van der Waals surface area (Å²) in [4.78, 5) is 43.5. The Hall–Kier alpha value is -4.01. The molecule has 0 unspecified atom stereocenters. The molecule has 0 spiro atoms. The van der Waals surface area contributed by atoms with Gasteiger partial charge in [-0.1, -0.05) is 0 Å². The highest BCUT2D eigenvalue weighted by atomic mass is 16.2. The van der Waals surface area contributed by atoms with Crippen LogP contribution < -0.4 is 16.6 Å². The molecule has 0 radical (unpaired) electrons. The summed E-state index contributed by atoms with van der Waals surface area (Å²) in [6.07, 6.45) is 5.18. The number of carbonyl (C=O) groups excluding carboxylic acids is 1. The van der Waals surface area contributed by atoms with Crippen LogP contribution in [-0.2, 0) is 13.1 Å². The van der Waals surface area contributed by atoms with Crippen LogP contribution >= 0.6 is 0 Å². The van der Waals surface area contributed by atoms with Crippen molar-refractivity contribution < 1.29 is 4.79 Å². The minimum Gasteiger partial charge on any atom is -0.307 e. The summed E-state index contributed by atoms with van der Waals surface area (Å²) >= 11 is 0. The van der Waals surface area contributed by atoms with Crippen molar-refractivity contribution in [3.8, 4) is 0 Å². The maximum absolute atomic E-state index is 12.6. The van der Waals surface area contributed by atoms with Crippen molar-refractivity contribution in [2.24, 2.45) is 0 Å². The molecule has 0 aliphatic carbocycles. The molecule has 3 aromatic heterocycles. The number of anilines is 1. The molecule has 9 heteroatoms. The van der Waals surface area contributed by atoms with Crippen LogP contribution in [0.3, 0.4) is 0 Å². The fourth-order valence-electron chi connectivity index (χ4n) is 3.06. The molecule has 9 nitrogen and oxygen atoms in total. The largest absolute Gasteiger partial charge is 0.328 e. The first-order valence-electron chi connectivity index (χ1n) is 9.05. The number of pyridine rings is 1. The van der Waals surface area contributed by atoms with Crippen LogP contribution in [0, 0.1) is 0 Å². The third-order valence-corrected chi connectivity index (χ3v) is 4.54. The fraction of sp³-hybridized carbons (Fsp3) is 0.150. The van der Waals surface area contributed by atoms with Crippen molar-refractivity contribution in [2.75, 3.05) is 5.32 Å². The Morgan fingerprint density at radius 2 is 1.93 bits per heavy atom. The van der Waals surface area contributed by atoms with Gasteiger partial charge >= 0.3 is 5.69 Å². The third kappa shape index (κ3) is 3.70. The van der Waals surface area contributed by atoms with Crippen molar-refractivity contribution in [1.29, 1.82) is 0 Å². The minimum absolute atomic E-state index is 0.272. The van der Waals surface area contributed by atoms with Gasteiger partial charge in [-0.25, -0.2) is 4.79 Å². The lowest BCUT2D eigenvalue weighted by atomic mass is 10.1. The van der Waals surface area contributed by atoms with Gasteiger partial charge in [-0.15, -0.1) is 0 Å².